The zero-order valence-corrected chi connectivity index (χ0v) is 9.98. The van der Waals surface area contributed by atoms with Crippen molar-refractivity contribution in [1.29, 1.82) is 0 Å². The normalized spacial score (nSPS) is 20.5. The van der Waals surface area contributed by atoms with Crippen molar-refractivity contribution in [2.45, 2.75) is 19.8 Å². The highest BCUT2D eigenvalue weighted by molar-refractivity contribution is 5.93. The fourth-order valence-corrected chi connectivity index (χ4v) is 1.51. The second kappa shape index (κ2) is 7.56. The molecular weight excluding hydrogens is 220 g/mol. The minimum Gasteiger partial charge on any atom is -0.381 e. The lowest BCUT2D eigenvalue weighted by Crippen LogP contribution is -2.25. The van der Waals surface area contributed by atoms with Crippen LogP contribution in [0.5, 0.6) is 0 Å². The molecule has 1 saturated heterocycles. The summed E-state index contributed by atoms with van der Waals surface area (Å²) in [5.41, 5.74) is 5.04. The fourth-order valence-electron chi connectivity index (χ4n) is 1.51. The Morgan fingerprint density at radius 3 is 3.00 bits per heavy atom. The van der Waals surface area contributed by atoms with Crippen LogP contribution in [0.4, 0.5) is 0 Å². The molecule has 0 aliphatic carbocycles. The molecule has 0 saturated carbocycles. The van der Waals surface area contributed by atoms with Gasteiger partial charge in [0.2, 0.25) is 5.91 Å². The molecule has 2 N–H and O–H groups in total. The summed E-state index contributed by atoms with van der Waals surface area (Å²) >= 11 is 0. The van der Waals surface area contributed by atoms with Crippen LogP contribution in [-0.4, -0.2) is 31.7 Å². The number of amides is 1. The number of hydrazone groups is 2. The van der Waals surface area contributed by atoms with Crippen molar-refractivity contribution >= 4 is 18.5 Å². The first-order chi connectivity index (χ1) is 8.26. The molecule has 17 heavy (non-hydrogen) atoms. The average Bonchev–Trinajstić information content (AvgIpc) is 2.79. The zero-order chi connectivity index (χ0) is 12.5. The molecule has 0 aromatic carbocycles. The summed E-state index contributed by atoms with van der Waals surface area (Å²) in [4.78, 5) is 11.5. The van der Waals surface area contributed by atoms with Crippen LogP contribution in [0.2, 0.25) is 0 Å². The topological polar surface area (TPSA) is 75.1 Å². The summed E-state index contributed by atoms with van der Waals surface area (Å²) in [6, 6.07) is 0. The summed E-state index contributed by atoms with van der Waals surface area (Å²) < 4.78 is 5.20. The highest BCUT2D eigenvalue weighted by Gasteiger charge is 2.18. The van der Waals surface area contributed by atoms with Crippen LogP contribution in [0.3, 0.4) is 0 Å². The maximum absolute atomic E-state index is 11.5. The van der Waals surface area contributed by atoms with E-state index in [0.717, 1.165) is 13.0 Å². The Balaban J connectivity index is 2.37. The van der Waals surface area contributed by atoms with Gasteiger partial charge in [-0.1, -0.05) is 6.08 Å². The summed E-state index contributed by atoms with van der Waals surface area (Å²) in [6.45, 7) is 6.53. The lowest BCUT2D eigenvalue weighted by molar-refractivity contribution is -0.122. The third-order valence-corrected chi connectivity index (χ3v) is 2.32. The predicted octanol–water partition coefficient (Wildman–Crippen LogP) is 0.624. The van der Waals surface area contributed by atoms with Gasteiger partial charge in [-0.05, 0) is 25.3 Å². The molecule has 94 valence electrons. The molecule has 1 amide bonds. The monoisotopic (exact) mass is 238 g/mol. The van der Waals surface area contributed by atoms with E-state index in [1.165, 1.54) is 0 Å². The molecule has 0 bridgehead atoms. The molecule has 1 unspecified atom stereocenters. The molecule has 0 aromatic rings. The van der Waals surface area contributed by atoms with E-state index >= 15 is 0 Å². The van der Waals surface area contributed by atoms with Crippen LogP contribution < -0.4 is 10.9 Å². The van der Waals surface area contributed by atoms with E-state index in [-0.39, 0.29) is 5.91 Å². The quantitative estimate of drug-likeness (QED) is 0.419. The number of hydrogen-bond donors (Lipinski definition) is 2. The van der Waals surface area contributed by atoms with Gasteiger partial charge in [0.1, 0.15) is 0 Å². The van der Waals surface area contributed by atoms with E-state index in [2.05, 4.69) is 27.8 Å². The van der Waals surface area contributed by atoms with Crippen molar-refractivity contribution in [2.75, 3.05) is 13.2 Å². The van der Waals surface area contributed by atoms with Gasteiger partial charge in [-0.15, -0.1) is 0 Å². The van der Waals surface area contributed by atoms with Crippen molar-refractivity contribution < 1.29 is 9.53 Å². The minimum absolute atomic E-state index is 0.117. The Morgan fingerprint density at radius 1 is 1.59 bits per heavy atom. The third kappa shape index (κ3) is 5.26. The minimum atomic E-state index is -0.117. The number of amidine groups is 1. The summed E-state index contributed by atoms with van der Waals surface area (Å²) in [5.74, 6) is 0.632. The second-order valence-electron chi connectivity index (χ2n) is 3.74. The second-order valence-corrected chi connectivity index (χ2v) is 3.74. The molecule has 6 nitrogen and oxygen atoms in total. The molecule has 0 spiro atoms. The highest BCUT2D eigenvalue weighted by atomic mass is 16.5. The molecular formula is C11H18N4O2. The van der Waals surface area contributed by atoms with Crippen LogP contribution in [0.1, 0.15) is 19.8 Å². The molecule has 1 aliphatic rings. The lowest BCUT2D eigenvalue weighted by Gasteiger charge is -2.06. The first-order valence-electron chi connectivity index (χ1n) is 5.55. The molecule has 1 rings (SSSR count). The van der Waals surface area contributed by atoms with Gasteiger partial charge < -0.3 is 4.74 Å². The van der Waals surface area contributed by atoms with Gasteiger partial charge in [0, 0.05) is 26.4 Å². The Hall–Kier alpha value is -1.69. The number of carbonyl (C=O) groups excluding carboxylic acids is 1. The number of allylic oxidation sites excluding steroid dienone is 1. The number of carbonyl (C=O) groups is 1. The van der Waals surface area contributed by atoms with Gasteiger partial charge in [-0.3, -0.25) is 10.2 Å². The van der Waals surface area contributed by atoms with Crippen molar-refractivity contribution in [3.05, 3.63) is 12.2 Å². The van der Waals surface area contributed by atoms with E-state index in [9.17, 15) is 4.79 Å². The molecule has 1 fully saturated rings. The SMILES string of the molecule is C=NNC(/C=C\C)=NNC(=O)CC1CCOC1. The Kier molecular flexibility index (Phi) is 5.95. The summed E-state index contributed by atoms with van der Waals surface area (Å²) in [7, 11) is 0. The predicted molar refractivity (Wildman–Crippen MR) is 66.6 cm³/mol. The smallest absolute Gasteiger partial charge is 0.240 e. The first kappa shape index (κ1) is 13.4. The Bertz CT molecular complexity index is 319. The first-order valence-corrected chi connectivity index (χ1v) is 5.55. The van der Waals surface area contributed by atoms with Gasteiger partial charge in [0.15, 0.2) is 5.84 Å². The molecule has 0 radical (unpaired) electrons. The summed E-state index contributed by atoms with van der Waals surface area (Å²) in [5, 5.41) is 7.37. The van der Waals surface area contributed by atoms with Crippen LogP contribution in [0, 0.1) is 5.92 Å². The van der Waals surface area contributed by atoms with E-state index in [1.54, 1.807) is 12.2 Å². The van der Waals surface area contributed by atoms with E-state index < -0.39 is 0 Å². The van der Waals surface area contributed by atoms with Gasteiger partial charge in [0.25, 0.3) is 0 Å². The van der Waals surface area contributed by atoms with E-state index in [0.29, 0.717) is 24.8 Å². The van der Waals surface area contributed by atoms with E-state index in [1.807, 2.05) is 6.92 Å². The standard InChI is InChI=1S/C11H18N4O2/c1-3-4-10(13-12-2)14-15-11(16)7-9-5-6-17-8-9/h3-4,9H,2,5-8H2,1H3,(H,13,14)(H,15,16)/b4-3-. The Labute approximate surface area is 101 Å². The van der Waals surface area contributed by atoms with Gasteiger partial charge in [0.05, 0.1) is 0 Å². The number of rotatable bonds is 5. The van der Waals surface area contributed by atoms with Crippen LogP contribution in [0.25, 0.3) is 0 Å². The van der Waals surface area contributed by atoms with Crippen molar-refractivity contribution in [3.63, 3.8) is 0 Å². The molecule has 1 heterocycles. The maximum atomic E-state index is 11.5. The van der Waals surface area contributed by atoms with Gasteiger partial charge >= 0.3 is 0 Å². The number of hydrogen-bond acceptors (Lipinski definition) is 4. The average molecular weight is 238 g/mol. The molecule has 0 aromatic heterocycles. The zero-order valence-electron chi connectivity index (χ0n) is 9.98. The largest absolute Gasteiger partial charge is 0.381 e. The van der Waals surface area contributed by atoms with Crippen LogP contribution >= 0.6 is 0 Å². The van der Waals surface area contributed by atoms with Crippen molar-refractivity contribution in [2.24, 2.45) is 16.1 Å². The van der Waals surface area contributed by atoms with Crippen molar-refractivity contribution in [1.82, 2.24) is 10.9 Å². The van der Waals surface area contributed by atoms with Crippen molar-refractivity contribution in [3.8, 4) is 0 Å². The van der Waals surface area contributed by atoms with Gasteiger partial charge in [-0.25, -0.2) is 5.43 Å². The number of ether oxygens (including phenoxy) is 1. The number of nitrogens with one attached hydrogen (secondary N) is 2. The van der Waals surface area contributed by atoms with Crippen LogP contribution in [-0.2, 0) is 9.53 Å². The maximum Gasteiger partial charge on any atom is 0.240 e. The van der Waals surface area contributed by atoms with Gasteiger partial charge in [-0.2, -0.15) is 10.2 Å². The lowest BCUT2D eigenvalue weighted by atomic mass is 10.1. The Morgan fingerprint density at radius 2 is 2.41 bits per heavy atom. The third-order valence-electron chi connectivity index (χ3n) is 2.32. The molecule has 1 aliphatic heterocycles. The highest BCUT2D eigenvalue weighted by Crippen LogP contribution is 2.15. The van der Waals surface area contributed by atoms with E-state index in [4.69, 9.17) is 4.74 Å². The number of nitrogens with zero attached hydrogens (tertiary/aromatic N) is 2. The molecule has 1 atom stereocenters. The molecule has 6 heteroatoms. The van der Waals surface area contributed by atoms with Crippen LogP contribution in [0.15, 0.2) is 22.4 Å². The fraction of sp³-hybridized carbons (Fsp3) is 0.545. The summed E-state index contributed by atoms with van der Waals surface area (Å²) in [6.07, 6.45) is 4.85.